The van der Waals surface area contributed by atoms with Gasteiger partial charge in [-0.3, -0.25) is 5.41 Å². The Balaban J connectivity index is 3.61. The highest BCUT2D eigenvalue weighted by Gasteiger charge is 2.02. The lowest BCUT2D eigenvalue weighted by Gasteiger charge is -2.19. The zero-order valence-corrected chi connectivity index (χ0v) is 5.75. The van der Waals surface area contributed by atoms with Gasteiger partial charge in [-0.1, -0.05) is 0 Å². The summed E-state index contributed by atoms with van der Waals surface area (Å²) < 4.78 is 0. The van der Waals surface area contributed by atoms with E-state index in [2.05, 4.69) is 0 Å². The first kappa shape index (κ1) is 9.19. The van der Waals surface area contributed by atoms with Crippen molar-refractivity contribution >= 4 is 5.96 Å². The average Bonchev–Trinajstić information content (AvgIpc) is 1.87. The number of hydrogen-bond donors (Lipinski definition) is 4. The van der Waals surface area contributed by atoms with Crippen LogP contribution in [0.5, 0.6) is 0 Å². The molecule has 0 aromatic rings. The van der Waals surface area contributed by atoms with Crippen LogP contribution >= 0.6 is 0 Å². The molecule has 0 aliphatic heterocycles. The second kappa shape index (κ2) is 5.01. The lowest BCUT2D eigenvalue weighted by Crippen LogP contribution is -2.40. The standard InChI is InChI=1S/C5H13N3O2/c6-5(7)8(1-3-9)2-4-10/h9-10H,1-4H2,(H3,6,7). The Hall–Kier alpha value is -0.810. The first-order chi connectivity index (χ1) is 4.72. The minimum atomic E-state index is -0.122. The molecule has 0 spiro atoms. The zero-order valence-electron chi connectivity index (χ0n) is 5.75. The van der Waals surface area contributed by atoms with Crippen LogP contribution in [0.1, 0.15) is 0 Å². The first-order valence-corrected chi connectivity index (χ1v) is 3.03. The molecule has 0 aromatic carbocycles. The molecule has 0 radical (unpaired) electrons. The van der Waals surface area contributed by atoms with E-state index in [-0.39, 0.29) is 19.2 Å². The van der Waals surface area contributed by atoms with Crippen LogP contribution in [-0.2, 0) is 0 Å². The maximum atomic E-state index is 8.44. The van der Waals surface area contributed by atoms with Crippen LogP contribution in [0.4, 0.5) is 0 Å². The van der Waals surface area contributed by atoms with Crippen LogP contribution in [-0.4, -0.2) is 47.4 Å². The predicted molar refractivity (Wildman–Crippen MR) is 37.7 cm³/mol. The molecule has 0 aromatic heterocycles. The molecule has 5 nitrogen and oxygen atoms in total. The molecular formula is C5H13N3O2. The van der Waals surface area contributed by atoms with Gasteiger partial charge in [-0.2, -0.15) is 0 Å². The van der Waals surface area contributed by atoms with Gasteiger partial charge in [-0.05, 0) is 0 Å². The summed E-state index contributed by atoms with van der Waals surface area (Å²) in [4.78, 5) is 1.39. The van der Waals surface area contributed by atoms with Crippen molar-refractivity contribution in [2.24, 2.45) is 5.73 Å². The van der Waals surface area contributed by atoms with Crippen molar-refractivity contribution in [1.82, 2.24) is 4.90 Å². The SMILES string of the molecule is N=C(N)N(CCO)CCO. The summed E-state index contributed by atoms with van der Waals surface area (Å²) in [5, 5.41) is 23.8. The van der Waals surface area contributed by atoms with E-state index in [1.807, 2.05) is 0 Å². The van der Waals surface area contributed by atoms with E-state index in [9.17, 15) is 0 Å². The molecule has 0 heterocycles. The van der Waals surface area contributed by atoms with E-state index in [1.165, 1.54) is 4.90 Å². The number of nitrogens with zero attached hydrogens (tertiary/aromatic N) is 1. The molecule has 5 N–H and O–H groups in total. The minimum Gasteiger partial charge on any atom is -0.395 e. The number of aliphatic hydroxyl groups excluding tert-OH is 2. The Bertz CT molecular complexity index is 101. The molecule has 0 amide bonds. The smallest absolute Gasteiger partial charge is 0.188 e. The fourth-order valence-corrected chi connectivity index (χ4v) is 0.594. The Morgan fingerprint density at radius 3 is 1.90 bits per heavy atom. The normalized spacial score (nSPS) is 9.40. The molecule has 60 valence electrons. The van der Waals surface area contributed by atoms with Crippen LogP contribution in [0.25, 0.3) is 0 Å². The maximum Gasteiger partial charge on any atom is 0.188 e. The van der Waals surface area contributed by atoms with Crippen LogP contribution in [0, 0.1) is 5.41 Å². The summed E-state index contributed by atoms with van der Waals surface area (Å²) in [6, 6.07) is 0. The monoisotopic (exact) mass is 147 g/mol. The Morgan fingerprint density at radius 1 is 1.30 bits per heavy atom. The van der Waals surface area contributed by atoms with Gasteiger partial charge in [0.1, 0.15) is 0 Å². The van der Waals surface area contributed by atoms with Crippen molar-refractivity contribution < 1.29 is 10.2 Å². The van der Waals surface area contributed by atoms with Crippen molar-refractivity contribution in [3.63, 3.8) is 0 Å². The minimum absolute atomic E-state index is 0.0560. The quantitative estimate of drug-likeness (QED) is 0.278. The number of aliphatic hydroxyl groups is 2. The molecule has 0 bridgehead atoms. The molecule has 5 heteroatoms. The average molecular weight is 147 g/mol. The lowest BCUT2D eigenvalue weighted by molar-refractivity contribution is 0.210. The van der Waals surface area contributed by atoms with Gasteiger partial charge in [-0.15, -0.1) is 0 Å². The molecule has 0 saturated heterocycles. The van der Waals surface area contributed by atoms with Crippen molar-refractivity contribution in [2.45, 2.75) is 0 Å². The second-order valence-electron chi connectivity index (χ2n) is 1.82. The Morgan fingerprint density at radius 2 is 1.70 bits per heavy atom. The van der Waals surface area contributed by atoms with Gasteiger partial charge >= 0.3 is 0 Å². The van der Waals surface area contributed by atoms with Gasteiger partial charge in [-0.25, -0.2) is 0 Å². The van der Waals surface area contributed by atoms with Gasteiger partial charge < -0.3 is 20.8 Å². The summed E-state index contributed by atoms with van der Waals surface area (Å²) in [5.74, 6) is -0.122. The molecule has 0 unspecified atom stereocenters. The number of rotatable bonds is 4. The van der Waals surface area contributed by atoms with Crippen LogP contribution < -0.4 is 5.73 Å². The third-order valence-electron chi connectivity index (χ3n) is 1.08. The molecule has 10 heavy (non-hydrogen) atoms. The third-order valence-corrected chi connectivity index (χ3v) is 1.08. The highest BCUT2D eigenvalue weighted by Crippen LogP contribution is 1.82. The van der Waals surface area contributed by atoms with Crippen molar-refractivity contribution in [1.29, 1.82) is 5.41 Å². The summed E-state index contributed by atoms with van der Waals surface area (Å²) in [6.45, 7) is 0.491. The van der Waals surface area contributed by atoms with Gasteiger partial charge in [0.25, 0.3) is 0 Å². The highest BCUT2D eigenvalue weighted by molar-refractivity contribution is 5.74. The van der Waals surface area contributed by atoms with Gasteiger partial charge in [0, 0.05) is 13.1 Å². The second-order valence-corrected chi connectivity index (χ2v) is 1.82. The number of nitrogens with one attached hydrogen (secondary N) is 1. The molecule has 0 fully saturated rings. The number of nitrogens with two attached hydrogens (primary N) is 1. The zero-order chi connectivity index (χ0) is 7.98. The Kier molecular flexibility index (Phi) is 4.61. The summed E-state index contributed by atoms with van der Waals surface area (Å²) >= 11 is 0. The first-order valence-electron chi connectivity index (χ1n) is 3.03. The Labute approximate surface area is 59.6 Å². The predicted octanol–water partition coefficient (Wildman–Crippen LogP) is -1.83. The van der Waals surface area contributed by atoms with Crippen LogP contribution in [0.3, 0.4) is 0 Å². The van der Waals surface area contributed by atoms with Crippen LogP contribution in [0.2, 0.25) is 0 Å². The van der Waals surface area contributed by atoms with Gasteiger partial charge in [0.05, 0.1) is 13.2 Å². The number of guanidine groups is 1. The van der Waals surface area contributed by atoms with Gasteiger partial charge in [0.2, 0.25) is 0 Å². The van der Waals surface area contributed by atoms with E-state index in [4.69, 9.17) is 21.4 Å². The van der Waals surface area contributed by atoms with Crippen LogP contribution in [0.15, 0.2) is 0 Å². The fraction of sp³-hybridized carbons (Fsp3) is 0.800. The van der Waals surface area contributed by atoms with E-state index in [0.717, 1.165) is 0 Å². The topological polar surface area (TPSA) is 93.6 Å². The summed E-state index contributed by atoms with van der Waals surface area (Å²) in [5.41, 5.74) is 5.10. The van der Waals surface area contributed by atoms with E-state index in [1.54, 1.807) is 0 Å². The molecule has 0 saturated carbocycles. The van der Waals surface area contributed by atoms with E-state index >= 15 is 0 Å². The molecular weight excluding hydrogens is 134 g/mol. The van der Waals surface area contributed by atoms with Crippen molar-refractivity contribution in [3.05, 3.63) is 0 Å². The van der Waals surface area contributed by atoms with Crippen molar-refractivity contribution in [3.8, 4) is 0 Å². The number of hydrogen-bond acceptors (Lipinski definition) is 3. The largest absolute Gasteiger partial charge is 0.395 e. The van der Waals surface area contributed by atoms with Crippen molar-refractivity contribution in [2.75, 3.05) is 26.3 Å². The lowest BCUT2D eigenvalue weighted by atomic mass is 10.5. The molecule has 0 aliphatic carbocycles. The van der Waals surface area contributed by atoms with E-state index < -0.39 is 0 Å². The fourth-order valence-electron chi connectivity index (χ4n) is 0.594. The summed E-state index contributed by atoms with van der Waals surface area (Å²) in [6.07, 6.45) is 0. The highest BCUT2D eigenvalue weighted by atomic mass is 16.3. The van der Waals surface area contributed by atoms with Gasteiger partial charge in [0.15, 0.2) is 5.96 Å². The molecule has 0 atom stereocenters. The molecule has 0 aliphatic rings. The summed E-state index contributed by atoms with van der Waals surface area (Å²) in [7, 11) is 0. The third kappa shape index (κ3) is 3.26. The maximum absolute atomic E-state index is 8.44. The van der Waals surface area contributed by atoms with E-state index in [0.29, 0.717) is 13.1 Å². The molecule has 0 rings (SSSR count).